The number of rotatable bonds is 4. The van der Waals surface area contributed by atoms with Crippen LogP contribution in [0.25, 0.3) is 11.1 Å². The van der Waals surface area contributed by atoms with Crippen molar-refractivity contribution in [2.75, 3.05) is 13.1 Å². The Kier molecular flexibility index (Phi) is 3.96. The number of carbonyl (C=O) groups is 1. The number of nitrogens with two attached hydrogens (primary N) is 1. The standard InChI is InChI=1S/C13H17N5O4S/c14-23(21,22)18-6-3-11(12(18)13(19)20)9-7-16-17(8-9)10-1-4-15-5-2-10/h3,6-8,10,15H,1-2,4-5H2,(H,19,20)(H2,14,21,22)/p-1. The number of carboxylic acids is 1. The van der Waals surface area contributed by atoms with Crippen LogP contribution < -0.4 is 15.6 Å². The van der Waals surface area contributed by atoms with Crippen molar-refractivity contribution in [2.45, 2.75) is 18.9 Å². The number of nitrogens with zero attached hydrogens (tertiary/aromatic N) is 3. The number of aromatic carboxylic acids is 1. The number of hydrogen-bond acceptors (Lipinski definition) is 6. The minimum absolute atomic E-state index is 0.208. The first kappa shape index (κ1) is 15.7. The molecule has 23 heavy (non-hydrogen) atoms. The van der Waals surface area contributed by atoms with Crippen molar-refractivity contribution < 1.29 is 18.3 Å². The lowest BCUT2D eigenvalue weighted by atomic mass is 10.1. The van der Waals surface area contributed by atoms with Crippen molar-refractivity contribution in [3.63, 3.8) is 0 Å². The quantitative estimate of drug-likeness (QED) is 0.711. The number of nitrogens with one attached hydrogen (secondary N) is 1. The molecule has 0 aromatic carbocycles. The molecule has 3 N–H and O–H groups in total. The predicted octanol–water partition coefficient (Wildman–Crippen LogP) is -1.31. The fourth-order valence-electron chi connectivity index (χ4n) is 2.81. The van der Waals surface area contributed by atoms with Gasteiger partial charge in [0.05, 0.1) is 23.9 Å². The third-order valence-corrected chi connectivity index (χ3v) is 4.77. The molecule has 10 heteroatoms. The summed E-state index contributed by atoms with van der Waals surface area (Å²) < 4.78 is 25.2. The Hall–Kier alpha value is -2.17. The number of carboxylic acid groups (broad SMARTS) is 1. The van der Waals surface area contributed by atoms with Crippen LogP contribution in [0.3, 0.4) is 0 Å². The van der Waals surface area contributed by atoms with Crippen molar-refractivity contribution in [3.8, 4) is 11.1 Å². The van der Waals surface area contributed by atoms with E-state index in [1.54, 1.807) is 10.9 Å². The summed E-state index contributed by atoms with van der Waals surface area (Å²) >= 11 is 0. The highest BCUT2D eigenvalue weighted by Gasteiger charge is 2.21. The first-order chi connectivity index (χ1) is 10.9. The molecule has 0 bridgehead atoms. The lowest BCUT2D eigenvalue weighted by molar-refractivity contribution is -0.255. The molecule has 3 rings (SSSR count). The van der Waals surface area contributed by atoms with Gasteiger partial charge in [0, 0.05) is 23.5 Å². The van der Waals surface area contributed by atoms with E-state index >= 15 is 0 Å². The van der Waals surface area contributed by atoms with E-state index in [4.69, 9.17) is 5.14 Å². The Balaban J connectivity index is 2.01. The van der Waals surface area contributed by atoms with E-state index in [2.05, 4.69) is 10.4 Å². The topological polar surface area (TPSA) is 135 Å². The number of carbonyl (C=O) groups excluding carboxylic acids is 1. The molecule has 0 amide bonds. The van der Waals surface area contributed by atoms with Gasteiger partial charge in [-0.2, -0.15) is 13.5 Å². The second-order valence-electron chi connectivity index (χ2n) is 5.40. The van der Waals surface area contributed by atoms with Crippen LogP contribution in [0, 0.1) is 0 Å². The maximum Gasteiger partial charge on any atom is 0.302 e. The Labute approximate surface area is 132 Å². The average Bonchev–Trinajstić information content (AvgIpc) is 3.14. The summed E-state index contributed by atoms with van der Waals surface area (Å²) in [6, 6.07) is 1.61. The lowest BCUT2D eigenvalue weighted by Gasteiger charge is -2.22. The third kappa shape index (κ3) is 3.00. The molecule has 1 aliphatic rings. The highest BCUT2D eigenvalue weighted by molar-refractivity contribution is 7.87. The molecular formula is C13H16N5O4S-. The van der Waals surface area contributed by atoms with Crippen molar-refractivity contribution in [1.82, 2.24) is 19.1 Å². The van der Waals surface area contributed by atoms with E-state index in [0.29, 0.717) is 9.54 Å². The van der Waals surface area contributed by atoms with E-state index in [1.165, 1.54) is 12.3 Å². The van der Waals surface area contributed by atoms with Gasteiger partial charge >= 0.3 is 10.2 Å². The second kappa shape index (κ2) is 5.80. The predicted molar refractivity (Wildman–Crippen MR) is 79.6 cm³/mol. The molecule has 0 atom stereocenters. The molecule has 0 spiro atoms. The molecule has 124 valence electrons. The van der Waals surface area contributed by atoms with Crippen LogP contribution in [0.4, 0.5) is 0 Å². The van der Waals surface area contributed by atoms with Crippen LogP contribution in [0.5, 0.6) is 0 Å². The van der Waals surface area contributed by atoms with E-state index in [0.717, 1.165) is 32.1 Å². The number of piperidine rings is 1. The van der Waals surface area contributed by atoms with Crippen molar-refractivity contribution in [2.24, 2.45) is 5.14 Å². The zero-order chi connectivity index (χ0) is 16.6. The van der Waals surface area contributed by atoms with E-state index in [-0.39, 0.29) is 11.6 Å². The maximum atomic E-state index is 11.5. The van der Waals surface area contributed by atoms with Crippen LogP contribution in [-0.4, -0.2) is 41.2 Å². The van der Waals surface area contributed by atoms with Gasteiger partial charge in [0.25, 0.3) is 0 Å². The molecule has 2 aromatic heterocycles. The molecule has 0 radical (unpaired) electrons. The summed E-state index contributed by atoms with van der Waals surface area (Å²) in [5.41, 5.74) is 0.210. The molecule has 9 nitrogen and oxygen atoms in total. The smallest absolute Gasteiger partial charge is 0.302 e. The maximum absolute atomic E-state index is 11.5. The normalized spacial score (nSPS) is 16.6. The highest BCUT2D eigenvalue weighted by Crippen LogP contribution is 2.27. The zero-order valence-electron chi connectivity index (χ0n) is 12.2. The first-order valence-electron chi connectivity index (χ1n) is 7.09. The van der Waals surface area contributed by atoms with Gasteiger partial charge in [-0.15, -0.1) is 0 Å². The van der Waals surface area contributed by atoms with Crippen molar-refractivity contribution in [3.05, 3.63) is 30.4 Å². The van der Waals surface area contributed by atoms with Gasteiger partial charge in [-0.25, -0.2) is 9.11 Å². The SMILES string of the molecule is NS(=O)(=O)n1ccc(-c2cnn(C3CCNCC3)c2)c1C(=O)[O-]. The van der Waals surface area contributed by atoms with Crippen LogP contribution >= 0.6 is 0 Å². The summed E-state index contributed by atoms with van der Waals surface area (Å²) in [4.78, 5) is 11.3. The van der Waals surface area contributed by atoms with Gasteiger partial charge in [-0.05, 0) is 32.0 Å². The van der Waals surface area contributed by atoms with E-state index < -0.39 is 21.9 Å². The molecule has 1 aliphatic heterocycles. The average molecular weight is 338 g/mol. The molecule has 0 aliphatic carbocycles. The van der Waals surface area contributed by atoms with Crippen LogP contribution in [0.15, 0.2) is 24.7 Å². The van der Waals surface area contributed by atoms with Crippen LogP contribution in [0.2, 0.25) is 0 Å². The molecule has 2 aromatic rings. The molecule has 0 saturated carbocycles. The zero-order valence-corrected chi connectivity index (χ0v) is 13.0. The Morgan fingerprint density at radius 1 is 1.39 bits per heavy atom. The largest absolute Gasteiger partial charge is 0.543 e. The minimum Gasteiger partial charge on any atom is -0.543 e. The van der Waals surface area contributed by atoms with Gasteiger partial charge in [0.2, 0.25) is 0 Å². The Bertz CT molecular complexity index is 832. The Morgan fingerprint density at radius 3 is 2.70 bits per heavy atom. The van der Waals surface area contributed by atoms with Crippen LogP contribution in [0.1, 0.15) is 29.4 Å². The second-order valence-corrected chi connectivity index (χ2v) is 6.82. The fourth-order valence-corrected chi connectivity index (χ4v) is 3.47. The lowest BCUT2D eigenvalue weighted by Crippen LogP contribution is -2.31. The fraction of sp³-hybridized carbons (Fsp3) is 0.385. The van der Waals surface area contributed by atoms with Crippen molar-refractivity contribution >= 4 is 16.2 Å². The van der Waals surface area contributed by atoms with Gasteiger partial charge in [0.1, 0.15) is 0 Å². The number of hydrogen-bond donors (Lipinski definition) is 2. The van der Waals surface area contributed by atoms with Gasteiger partial charge in [-0.1, -0.05) is 0 Å². The summed E-state index contributed by atoms with van der Waals surface area (Å²) in [5.74, 6) is -1.62. The Morgan fingerprint density at radius 2 is 2.09 bits per heavy atom. The molecular weight excluding hydrogens is 322 g/mol. The van der Waals surface area contributed by atoms with Gasteiger partial charge in [-0.3, -0.25) is 4.68 Å². The summed E-state index contributed by atoms with van der Waals surface area (Å²) in [5, 5.41) is 23.9. The molecule has 0 unspecified atom stereocenters. The molecule has 3 heterocycles. The van der Waals surface area contributed by atoms with Crippen LogP contribution in [-0.2, 0) is 10.2 Å². The molecule has 1 saturated heterocycles. The van der Waals surface area contributed by atoms with E-state index in [1.807, 2.05) is 0 Å². The van der Waals surface area contributed by atoms with E-state index in [9.17, 15) is 18.3 Å². The summed E-state index contributed by atoms with van der Waals surface area (Å²) in [7, 11) is -4.22. The minimum atomic E-state index is -4.22. The monoisotopic (exact) mass is 338 g/mol. The summed E-state index contributed by atoms with van der Waals surface area (Å²) in [6.45, 7) is 1.79. The van der Waals surface area contributed by atoms with Gasteiger partial charge in [0.15, 0.2) is 0 Å². The van der Waals surface area contributed by atoms with Crippen molar-refractivity contribution in [1.29, 1.82) is 0 Å². The third-order valence-electron chi connectivity index (χ3n) is 3.91. The number of aromatic nitrogens is 3. The van der Waals surface area contributed by atoms with Gasteiger partial charge < -0.3 is 15.2 Å². The highest BCUT2D eigenvalue weighted by atomic mass is 32.2. The molecule has 1 fully saturated rings. The summed E-state index contributed by atoms with van der Waals surface area (Å²) in [6.07, 6.45) is 6.17. The first-order valence-corrected chi connectivity index (χ1v) is 8.59.